The molecule has 2 aromatic carbocycles. The molecule has 0 bridgehead atoms. The molecule has 1 fully saturated rings. The number of hydrogen-bond acceptors (Lipinski definition) is 3. The predicted molar refractivity (Wildman–Crippen MR) is 85.3 cm³/mol. The molecule has 2 nitrogen and oxygen atoms in total. The SMILES string of the molecule is O=C(c1cccc(OC2CC2)c1)c1csc2ccccc12. The lowest BCUT2D eigenvalue weighted by Gasteiger charge is -2.06. The normalized spacial score (nSPS) is 14.3. The van der Waals surface area contributed by atoms with Crippen molar-refractivity contribution in [1.82, 2.24) is 0 Å². The minimum absolute atomic E-state index is 0.0636. The molecule has 0 atom stereocenters. The van der Waals surface area contributed by atoms with Crippen LogP contribution in [-0.2, 0) is 0 Å². The van der Waals surface area contributed by atoms with Crippen LogP contribution in [0.4, 0.5) is 0 Å². The van der Waals surface area contributed by atoms with Crippen LogP contribution in [0.2, 0.25) is 0 Å². The van der Waals surface area contributed by atoms with Gasteiger partial charge >= 0.3 is 0 Å². The lowest BCUT2D eigenvalue weighted by Crippen LogP contribution is -2.02. The van der Waals surface area contributed by atoms with E-state index >= 15 is 0 Å². The molecule has 1 aliphatic carbocycles. The lowest BCUT2D eigenvalue weighted by atomic mass is 10.0. The summed E-state index contributed by atoms with van der Waals surface area (Å²) >= 11 is 1.61. The van der Waals surface area contributed by atoms with Crippen LogP contribution < -0.4 is 4.74 Å². The van der Waals surface area contributed by atoms with Gasteiger partial charge in [-0.2, -0.15) is 0 Å². The van der Waals surface area contributed by atoms with Gasteiger partial charge in [0.25, 0.3) is 0 Å². The van der Waals surface area contributed by atoms with E-state index < -0.39 is 0 Å². The molecule has 3 heteroatoms. The van der Waals surface area contributed by atoms with Crippen LogP contribution in [0.25, 0.3) is 10.1 Å². The zero-order valence-electron chi connectivity index (χ0n) is 11.4. The Morgan fingerprint density at radius 2 is 1.95 bits per heavy atom. The van der Waals surface area contributed by atoms with E-state index in [4.69, 9.17) is 4.74 Å². The largest absolute Gasteiger partial charge is 0.490 e. The molecule has 0 amide bonds. The van der Waals surface area contributed by atoms with Crippen LogP contribution in [0.5, 0.6) is 5.75 Å². The highest BCUT2D eigenvalue weighted by Crippen LogP contribution is 2.30. The van der Waals surface area contributed by atoms with Crippen LogP contribution in [0.3, 0.4) is 0 Å². The van der Waals surface area contributed by atoms with E-state index in [1.165, 1.54) is 0 Å². The molecular formula is C18H14O2S. The minimum atomic E-state index is 0.0636. The average molecular weight is 294 g/mol. The number of thiophene rings is 1. The molecule has 1 aliphatic rings. The smallest absolute Gasteiger partial charge is 0.194 e. The van der Waals surface area contributed by atoms with Crippen LogP contribution in [0, 0.1) is 0 Å². The van der Waals surface area contributed by atoms with Gasteiger partial charge in [-0.25, -0.2) is 0 Å². The van der Waals surface area contributed by atoms with Crippen molar-refractivity contribution < 1.29 is 9.53 Å². The maximum atomic E-state index is 12.7. The summed E-state index contributed by atoms with van der Waals surface area (Å²) in [4.78, 5) is 12.7. The van der Waals surface area contributed by atoms with Gasteiger partial charge in [0.2, 0.25) is 0 Å². The first kappa shape index (κ1) is 12.6. The zero-order valence-corrected chi connectivity index (χ0v) is 12.2. The number of fused-ring (bicyclic) bond motifs is 1. The van der Waals surface area contributed by atoms with Crippen molar-refractivity contribution in [3.05, 3.63) is 65.0 Å². The van der Waals surface area contributed by atoms with Crippen molar-refractivity contribution in [3.63, 3.8) is 0 Å². The first-order valence-electron chi connectivity index (χ1n) is 7.09. The summed E-state index contributed by atoms with van der Waals surface area (Å²) in [7, 11) is 0. The highest BCUT2D eigenvalue weighted by Gasteiger charge is 2.24. The second-order valence-corrected chi connectivity index (χ2v) is 6.23. The number of carbonyl (C=O) groups is 1. The molecule has 0 radical (unpaired) electrons. The van der Waals surface area contributed by atoms with Crippen molar-refractivity contribution in [2.45, 2.75) is 18.9 Å². The number of ether oxygens (including phenoxy) is 1. The van der Waals surface area contributed by atoms with Crippen LogP contribution >= 0.6 is 11.3 Å². The Balaban J connectivity index is 1.70. The monoisotopic (exact) mass is 294 g/mol. The summed E-state index contributed by atoms with van der Waals surface area (Å²) < 4.78 is 6.92. The molecule has 0 saturated heterocycles. The van der Waals surface area contributed by atoms with E-state index in [-0.39, 0.29) is 5.78 Å². The number of benzene rings is 2. The van der Waals surface area contributed by atoms with Crippen molar-refractivity contribution in [3.8, 4) is 5.75 Å². The summed E-state index contributed by atoms with van der Waals surface area (Å²) in [6.07, 6.45) is 2.58. The summed E-state index contributed by atoms with van der Waals surface area (Å²) in [5.41, 5.74) is 1.47. The van der Waals surface area contributed by atoms with Crippen LogP contribution in [-0.4, -0.2) is 11.9 Å². The Labute approximate surface area is 127 Å². The quantitative estimate of drug-likeness (QED) is 0.653. The second kappa shape index (κ2) is 5.01. The van der Waals surface area contributed by atoms with E-state index in [2.05, 4.69) is 0 Å². The Morgan fingerprint density at radius 3 is 2.81 bits per heavy atom. The van der Waals surface area contributed by atoms with Gasteiger partial charge in [0.1, 0.15) is 5.75 Å². The van der Waals surface area contributed by atoms with Crippen molar-refractivity contribution in [2.75, 3.05) is 0 Å². The maximum absolute atomic E-state index is 12.7. The molecule has 4 rings (SSSR count). The van der Waals surface area contributed by atoms with Gasteiger partial charge in [0.15, 0.2) is 5.78 Å². The van der Waals surface area contributed by atoms with E-state index in [0.717, 1.165) is 34.2 Å². The molecule has 1 heterocycles. The van der Waals surface area contributed by atoms with Gasteiger partial charge in [-0.15, -0.1) is 11.3 Å². The topological polar surface area (TPSA) is 26.3 Å². The fourth-order valence-corrected chi connectivity index (χ4v) is 3.34. The van der Waals surface area contributed by atoms with E-state index in [1.54, 1.807) is 11.3 Å². The Kier molecular flexibility index (Phi) is 3.00. The fraction of sp³-hybridized carbons (Fsp3) is 0.167. The van der Waals surface area contributed by atoms with Gasteiger partial charge in [-0.1, -0.05) is 30.3 Å². The van der Waals surface area contributed by atoms with E-state index in [9.17, 15) is 4.79 Å². The zero-order chi connectivity index (χ0) is 14.2. The van der Waals surface area contributed by atoms with Crippen molar-refractivity contribution in [2.24, 2.45) is 0 Å². The first-order valence-corrected chi connectivity index (χ1v) is 7.97. The van der Waals surface area contributed by atoms with Crippen molar-refractivity contribution >= 4 is 27.2 Å². The molecule has 3 aromatic rings. The fourth-order valence-electron chi connectivity index (χ4n) is 2.40. The third kappa shape index (κ3) is 2.45. The second-order valence-electron chi connectivity index (χ2n) is 5.32. The number of carbonyl (C=O) groups excluding carboxylic acids is 1. The first-order chi connectivity index (χ1) is 10.3. The predicted octanol–water partition coefficient (Wildman–Crippen LogP) is 4.67. The Bertz CT molecular complexity index is 815. The highest BCUT2D eigenvalue weighted by atomic mass is 32.1. The standard InChI is InChI=1S/C18H14O2S/c19-18(16-11-21-17-7-2-1-6-15(16)17)12-4-3-5-14(10-12)20-13-8-9-13/h1-7,10-11,13H,8-9H2. The van der Waals surface area contributed by atoms with Gasteiger partial charge in [-0.05, 0) is 31.0 Å². The summed E-state index contributed by atoms with van der Waals surface area (Å²) in [6.45, 7) is 0. The molecule has 0 N–H and O–H groups in total. The van der Waals surface area contributed by atoms with E-state index in [0.29, 0.717) is 11.7 Å². The van der Waals surface area contributed by atoms with Gasteiger partial charge < -0.3 is 4.74 Å². The van der Waals surface area contributed by atoms with Crippen LogP contribution in [0.15, 0.2) is 53.9 Å². The number of ketones is 1. The summed E-state index contributed by atoms with van der Waals surface area (Å²) in [5, 5.41) is 2.97. The maximum Gasteiger partial charge on any atom is 0.194 e. The third-order valence-electron chi connectivity index (χ3n) is 3.65. The Morgan fingerprint density at radius 1 is 1.10 bits per heavy atom. The average Bonchev–Trinajstić information content (AvgIpc) is 3.23. The highest BCUT2D eigenvalue weighted by molar-refractivity contribution is 7.17. The summed E-state index contributed by atoms with van der Waals surface area (Å²) in [5.74, 6) is 0.858. The molecule has 1 saturated carbocycles. The van der Waals surface area contributed by atoms with Gasteiger partial charge in [0.05, 0.1) is 6.10 Å². The van der Waals surface area contributed by atoms with E-state index in [1.807, 2.05) is 53.9 Å². The Hall–Kier alpha value is -2.13. The molecule has 21 heavy (non-hydrogen) atoms. The molecule has 0 unspecified atom stereocenters. The lowest BCUT2D eigenvalue weighted by molar-refractivity contribution is 0.104. The van der Waals surface area contributed by atoms with Gasteiger partial charge in [-0.3, -0.25) is 4.79 Å². The van der Waals surface area contributed by atoms with Crippen LogP contribution in [0.1, 0.15) is 28.8 Å². The molecule has 1 aromatic heterocycles. The summed E-state index contributed by atoms with van der Waals surface area (Å²) in [6, 6.07) is 15.5. The molecular weight excluding hydrogens is 280 g/mol. The molecule has 0 spiro atoms. The number of hydrogen-bond donors (Lipinski definition) is 0. The minimum Gasteiger partial charge on any atom is -0.490 e. The number of rotatable bonds is 4. The molecule has 104 valence electrons. The van der Waals surface area contributed by atoms with Gasteiger partial charge in [0, 0.05) is 26.6 Å². The third-order valence-corrected chi connectivity index (χ3v) is 4.61. The van der Waals surface area contributed by atoms with Crippen molar-refractivity contribution in [1.29, 1.82) is 0 Å². The molecule has 0 aliphatic heterocycles.